The van der Waals surface area contributed by atoms with Crippen LogP contribution in [0.2, 0.25) is 0 Å². The molecule has 1 unspecified atom stereocenters. The van der Waals surface area contributed by atoms with E-state index < -0.39 is 23.1 Å². The molecular weight excluding hydrogens is 314 g/mol. The Morgan fingerprint density at radius 2 is 1.92 bits per heavy atom. The molecule has 3 rings (SSSR count). The zero-order valence-electron chi connectivity index (χ0n) is 12.9. The Labute approximate surface area is 137 Å². The van der Waals surface area contributed by atoms with Crippen LogP contribution in [0.3, 0.4) is 0 Å². The minimum Gasteiger partial charge on any atom is -0.384 e. The molecule has 3 aromatic rings. The Kier molecular flexibility index (Phi) is 4.07. The molecule has 2 aromatic carbocycles. The molecule has 0 saturated heterocycles. The molecule has 0 bridgehead atoms. The highest BCUT2D eigenvalue weighted by molar-refractivity contribution is 6.06. The summed E-state index contributed by atoms with van der Waals surface area (Å²) >= 11 is 0. The number of aliphatic hydroxyl groups is 1. The Morgan fingerprint density at radius 3 is 2.62 bits per heavy atom. The van der Waals surface area contributed by atoms with Gasteiger partial charge in [0.25, 0.3) is 5.91 Å². The molecule has 1 amide bonds. The van der Waals surface area contributed by atoms with Crippen molar-refractivity contribution in [1.82, 2.24) is 10.3 Å². The minimum atomic E-state index is -1.38. The Balaban J connectivity index is 1.78. The van der Waals surface area contributed by atoms with E-state index in [1.54, 1.807) is 12.1 Å². The summed E-state index contributed by atoms with van der Waals surface area (Å²) in [4.78, 5) is 15.2. The van der Waals surface area contributed by atoms with Crippen LogP contribution in [0, 0.1) is 11.6 Å². The van der Waals surface area contributed by atoms with Gasteiger partial charge in [0.05, 0.1) is 12.1 Å². The number of hydrogen-bond acceptors (Lipinski definition) is 2. The van der Waals surface area contributed by atoms with Gasteiger partial charge in [0.15, 0.2) is 0 Å². The van der Waals surface area contributed by atoms with Crippen LogP contribution in [0.4, 0.5) is 8.78 Å². The molecule has 0 spiro atoms. The SMILES string of the molecule is CC(O)(CNC(=O)c1c[nH]c2cccc(F)c12)c1ccc(F)cc1. The van der Waals surface area contributed by atoms with Crippen LogP contribution in [0.15, 0.2) is 48.7 Å². The molecule has 6 heteroatoms. The lowest BCUT2D eigenvalue weighted by Crippen LogP contribution is -2.38. The van der Waals surface area contributed by atoms with E-state index in [1.807, 2.05) is 0 Å². The molecule has 0 aliphatic carbocycles. The van der Waals surface area contributed by atoms with Crippen molar-refractivity contribution < 1.29 is 18.7 Å². The van der Waals surface area contributed by atoms with E-state index in [4.69, 9.17) is 0 Å². The molecule has 0 saturated carbocycles. The van der Waals surface area contributed by atoms with Crippen LogP contribution >= 0.6 is 0 Å². The third kappa shape index (κ3) is 3.00. The first-order chi connectivity index (χ1) is 11.4. The van der Waals surface area contributed by atoms with Gasteiger partial charge in [0, 0.05) is 17.1 Å². The summed E-state index contributed by atoms with van der Waals surface area (Å²) in [6.45, 7) is 1.41. The third-order valence-electron chi connectivity index (χ3n) is 3.96. The summed E-state index contributed by atoms with van der Waals surface area (Å²) in [6, 6.07) is 9.88. The average molecular weight is 330 g/mol. The van der Waals surface area contributed by atoms with Crippen LogP contribution < -0.4 is 5.32 Å². The van der Waals surface area contributed by atoms with Gasteiger partial charge < -0.3 is 15.4 Å². The highest BCUT2D eigenvalue weighted by Gasteiger charge is 2.25. The molecule has 1 atom stereocenters. The maximum atomic E-state index is 13.9. The third-order valence-corrected chi connectivity index (χ3v) is 3.96. The number of halogens is 2. The number of carbonyl (C=O) groups is 1. The van der Waals surface area contributed by atoms with E-state index in [0.717, 1.165) is 0 Å². The zero-order valence-corrected chi connectivity index (χ0v) is 12.9. The van der Waals surface area contributed by atoms with E-state index in [-0.39, 0.29) is 17.5 Å². The van der Waals surface area contributed by atoms with Gasteiger partial charge in [-0.25, -0.2) is 8.78 Å². The first-order valence-electron chi connectivity index (χ1n) is 7.41. The summed E-state index contributed by atoms with van der Waals surface area (Å²) in [5, 5.41) is 13.3. The van der Waals surface area contributed by atoms with E-state index in [2.05, 4.69) is 10.3 Å². The standard InChI is InChI=1S/C18H16F2N2O2/c1-18(24,11-5-7-12(19)8-6-11)10-22-17(23)13-9-21-15-4-2-3-14(20)16(13)15/h2-9,21,24H,10H2,1H3,(H,22,23). The van der Waals surface area contributed by atoms with Crippen molar-refractivity contribution in [3.05, 3.63) is 71.4 Å². The summed E-state index contributed by atoms with van der Waals surface area (Å²) < 4.78 is 26.9. The number of carbonyl (C=O) groups excluding carboxylic acids is 1. The maximum absolute atomic E-state index is 13.9. The Hall–Kier alpha value is -2.73. The molecule has 0 radical (unpaired) electrons. The topological polar surface area (TPSA) is 65.1 Å². The molecule has 24 heavy (non-hydrogen) atoms. The van der Waals surface area contributed by atoms with Gasteiger partial charge in [-0.1, -0.05) is 18.2 Å². The Bertz CT molecular complexity index is 886. The number of hydrogen-bond donors (Lipinski definition) is 3. The molecule has 0 aliphatic rings. The van der Waals surface area contributed by atoms with Gasteiger partial charge in [-0.3, -0.25) is 4.79 Å². The largest absolute Gasteiger partial charge is 0.384 e. The number of fused-ring (bicyclic) bond motifs is 1. The van der Waals surface area contributed by atoms with Crippen molar-refractivity contribution in [2.24, 2.45) is 0 Å². The minimum absolute atomic E-state index is 0.0986. The fraction of sp³-hybridized carbons (Fsp3) is 0.167. The Morgan fingerprint density at radius 1 is 1.21 bits per heavy atom. The lowest BCUT2D eigenvalue weighted by atomic mass is 9.96. The highest BCUT2D eigenvalue weighted by atomic mass is 19.1. The monoisotopic (exact) mass is 330 g/mol. The molecule has 124 valence electrons. The molecule has 3 N–H and O–H groups in total. The van der Waals surface area contributed by atoms with Gasteiger partial charge in [0.1, 0.15) is 17.2 Å². The number of aromatic amines is 1. The van der Waals surface area contributed by atoms with Crippen LogP contribution in [-0.2, 0) is 5.60 Å². The fourth-order valence-corrected chi connectivity index (χ4v) is 2.58. The molecule has 4 nitrogen and oxygen atoms in total. The van der Waals surface area contributed by atoms with Crippen molar-refractivity contribution in [1.29, 1.82) is 0 Å². The lowest BCUT2D eigenvalue weighted by molar-refractivity contribution is 0.0526. The quantitative estimate of drug-likeness (QED) is 0.688. The van der Waals surface area contributed by atoms with E-state index in [0.29, 0.717) is 11.1 Å². The second kappa shape index (κ2) is 6.05. The molecule has 1 aromatic heterocycles. The van der Waals surface area contributed by atoms with Crippen molar-refractivity contribution in [2.45, 2.75) is 12.5 Å². The number of rotatable bonds is 4. The summed E-state index contributed by atoms with van der Waals surface area (Å²) in [5.41, 5.74) is -0.230. The van der Waals surface area contributed by atoms with Crippen LogP contribution in [0.25, 0.3) is 10.9 Å². The van der Waals surface area contributed by atoms with Crippen molar-refractivity contribution in [2.75, 3.05) is 6.54 Å². The van der Waals surface area contributed by atoms with Crippen LogP contribution in [0.1, 0.15) is 22.8 Å². The summed E-state index contributed by atoms with van der Waals surface area (Å²) in [6.07, 6.45) is 1.43. The van der Waals surface area contributed by atoms with E-state index in [9.17, 15) is 18.7 Å². The summed E-state index contributed by atoms with van der Waals surface area (Å²) in [7, 11) is 0. The van der Waals surface area contributed by atoms with Gasteiger partial charge in [-0.05, 0) is 36.8 Å². The number of H-pyrrole nitrogens is 1. The number of nitrogens with one attached hydrogen (secondary N) is 2. The second-order valence-corrected chi connectivity index (χ2v) is 5.83. The van der Waals surface area contributed by atoms with E-state index >= 15 is 0 Å². The van der Waals surface area contributed by atoms with E-state index in [1.165, 1.54) is 43.5 Å². The average Bonchev–Trinajstić information content (AvgIpc) is 2.99. The van der Waals surface area contributed by atoms with Crippen molar-refractivity contribution in [3.8, 4) is 0 Å². The number of aromatic nitrogens is 1. The molecule has 0 aliphatic heterocycles. The van der Waals surface area contributed by atoms with Gasteiger partial charge in [-0.15, -0.1) is 0 Å². The first kappa shape index (κ1) is 16.1. The number of amides is 1. The summed E-state index contributed by atoms with van der Waals surface area (Å²) in [5.74, 6) is -1.41. The molecule has 1 heterocycles. The smallest absolute Gasteiger partial charge is 0.253 e. The van der Waals surface area contributed by atoms with Crippen molar-refractivity contribution >= 4 is 16.8 Å². The van der Waals surface area contributed by atoms with Crippen molar-refractivity contribution in [3.63, 3.8) is 0 Å². The predicted molar refractivity (Wildman–Crippen MR) is 86.6 cm³/mol. The van der Waals surface area contributed by atoms with Gasteiger partial charge in [-0.2, -0.15) is 0 Å². The maximum Gasteiger partial charge on any atom is 0.253 e. The lowest BCUT2D eigenvalue weighted by Gasteiger charge is -2.24. The zero-order chi connectivity index (χ0) is 17.3. The second-order valence-electron chi connectivity index (χ2n) is 5.83. The molecule has 0 fully saturated rings. The van der Waals surface area contributed by atoms with Gasteiger partial charge >= 0.3 is 0 Å². The highest BCUT2D eigenvalue weighted by Crippen LogP contribution is 2.23. The van der Waals surface area contributed by atoms with Crippen LogP contribution in [0.5, 0.6) is 0 Å². The van der Waals surface area contributed by atoms with Gasteiger partial charge in [0.2, 0.25) is 0 Å². The fourth-order valence-electron chi connectivity index (χ4n) is 2.58. The predicted octanol–water partition coefficient (Wildman–Crippen LogP) is 3.08. The number of benzene rings is 2. The molecular formula is C18H16F2N2O2. The normalized spacial score (nSPS) is 13.7. The first-order valence-corrected chi connectivity index (χ1v) is 7.41. The van der Waals surface area contributed by atoms with Crippen LogP contribution in [-0.4, -0.2) is 22.5 Å².